The molecule has 0 bridgehead atoms. The number of rotatable bonds is 2. The highest BCUT2D eigenvalue weighted by Gasteiger charge is 2.22. The molecule has 0 aromatic heterocycles. The van der Waals surface area contributed by atoms with Gasteiger partial charge in [-0.25, -0.2) is 4.79 Å². The van der Waals surface area contributed by atoms with Crippen LogP contribution in [-0.2, 0) is 16.1 Å². The van der Waals surface area contributed by atoms with Gasteiger partial charge in [-0.1, -0.05) is 54.6 Å². The van der Waals surface area contributed by atoms with Crippen LogP contribution in [0.2, 0.25) is 0 Å². The molecule has 1 heterocycles. The van der Waals surface area contributed by atoms with Gasteiger partial charge in [0, 0.05) is 0 Å². The summed E-state index contributed by atoms with van der Waals surface area (Å²) in [5.74, 6) is -0.196. The largest absolute Gasteiger partial charge is 0.444 e. The summed E-state index contributed by atoms with van der Waals surface area (Å²) in [6, 6.07) is 15.7. The molecule has 5 nitrogen and oxygen atoms in total. The molecule has 140 valence electrons. The maximum Gasteiger partial charge on any atom is 0.408 e. The van der Waals surface area contributed by atoms with Gasteiger partial charge in [-0.05, 0) is 43.5 Å². The Labute approximate surface area is 159 Å². The summed E-state index contributed by atoms with van der Waals surface area (Å²) in [5, 5.41) is 2.56. The lowest BCUT2D eigenvalue weighted by Gasteiger charge is -2.27. The van der Waals surface area contributed by atoms with E-state index in [4.69, 9.17) is 4.74 Å². The minimum Gasteiger partial charge on any atom is -0.444 e. The van der Waals surface area contributed by atoms with Crippen LogP contribution in [0.5, 0.6) is 0 Å². The number of anilines is 1. The first-order valence-electron chi connectivity index (χ1n) is 8.96. The molecular weight excluding hydrogens is 340 g/mol. The summed E-state index contributed by atoms with van der Waals surface area (Å²) in [4.78, 5) is 26.5. The van der Waals surface area contributed by atoms with Crippen molar-refractivity contribution >= 4 is 29.8 Å². The van der Waals surface area contributed by atoms with E-state index in [-0.39, 0.29) is 12.5 Å². The third-order valence-corrected chi connectivity index (χ3v) is 4.14. The van der Waals surface area contributed by atoms with Gasteiger partial charge in [0.15, 0.2) is 0 Å². The first kappa shape index (κ1) is 18.7. The molecule has 1 aliphatic rings. The van der Waals surface area contributed by atoms with Crippen molar-refractivity contribution in [3.63, 3.8) is 0 Å². The zero-order valence-electron chi connectivity index (χ0n) is 15.9. The van der Waals surface area contributed by atoms with Gasteiger partial charge >= 0.3 is 6.09 Å². The highest BCUT2D eigenvalue weighted by molar-refractivity contribution is 5.99. The maximum absolute atomic E-state index is 12.9. The van der Waals surface area contributed by atoms with E-state index in [1.165, 1.54) is 0 Å². The fraction of sp³-hybridized carbons (Fsp3) is 0.273. The topological polar surface area (TPSA) is 58.6 Å². The summed E-state index contributed by atoms with van der Waals surface area (Å²) in [6.45, 7) is 5.66. The molecule has 0 saturated carbocycles. The Morgan fingerprint density at radius 3 is 2.37 bits per heavy atom. The lowest BCUT2D eigenvalue weighted by atomic mass is 10.0. The van der Waals surface area contributed by atoms with E-state index >= 15 is 0 Å². The van der Waals surface area contributed by atoms with Gasteiger partial charge < -0.3 is 15.0 Å². The van der Waals surface area contributed by atoms with Crippen LogP contribution in [0.1, 0.15) is 37.5 Å². The second-order valence-corrected chi connectivity index (χ2v) is 7.43. The van der Waals surface area contributed by atoms with Crippen molar-refractivity contribution in [2.45, 2.75) is 32.9 Å². The number of fused-ring (bicyclic) bond motifs is 2. The van der Waals surface area contributed by atoms with Gasteiger partial charge in [0.2, 0.25) is 5.91 Å². The Morgan fingerprint density at radius 1 is 1.00 bits per heavy atom. The predicted molar refractivity (Wildman–Crippen MR) is 107 cm³/mol. The summed E-state index contributed by atoms with van der Waals surface area (Å²) < 4.78 is 5.21. The number of amides is 2. The lowest BCUT2D eigenvalue weighted by molar-refractivity contribution is -0.118. The molecule has 1 N–H and O–H groups in total. The van der Waals surface area contributed by atoms with Crippen molar-refractivity contribution in [2.24, 2.45) is 0 Å². The van der Waals surface area contributed by atoms with E-state index in [1.54, 1.807) is 25.7 Å². The molecule has 0 unspecified atom stereocenters. The van der Waals surface area contributed by atoms with Gasteiger partial charge in [0.25, 0.3) is 0 Å². The lowest BCUT2D eigenvalue weighted by Crippen LogP contribution is -2.42. The average Bonchev–Trinajstić information content (AvgIpc) is 2.60. The first-order valence-corrected chi connectivity index (χ1v) is 8.96. The van der Waals surface area contributed by atoms with Gasteiger partial charge in [-0.2, -0.15) is 0 Å². The molecule has 0 atom stereocenters. The first-order chi connectivity index (χ1) is 12.8. The summed E-state index contributed by atoms with van der Waals surface area (Å²) in [7, 11) is 0. The molecule has 3 rings (SSSR count). The molecule has 2 aromatic carbocycles. The Morgan fingerprint density at radius 2 is 1.63 bits per heavy atom. The number of benzene rings is 2. The van der Waals surface area contributed by atoms with E-state index in [2.05, 4.69) is 11.4 Å². The Hall–Kier alpha value is -3.08. The third-order valence-electron chi connectivity index (χ3n) is 4.14. The summed E-state index contributed by atoms with van der Waals surface area (Å²) >= 11 is 0. The zero-order valence-corrected chi connectivity index (χ0v) is 15.9. The van der Waals surface area contributed by atoms with E-state index in [0.717, 1.165) is 22.4 Å². The molecule has 0 saturated heterocycles. The van der Waals surface area contributed by atoms with Crippen LogP contribution in [0.25, 0.3) is 12.2 Å². The monoisotopic (exact) mass is 364 g/mol. The van der Waals surface area contributed by atoms with Crippen LogP contribution < -0.4 is 10.2 Å². The highest BCUT2D eigenvalue weighted by Crippen LogP contribution is 2.28. The number of carbonyl (C=O) groups is 2. The van der Waals surface area contributed by atoms with Gasteiger partial charge in [0.1, 0.15) is 12.1 Å². The number of nitrogens with one attached hydrogen (secondary N) is 1. The zero-order chi connectivity index (χ0) is 19.4. The van der Waals surface area contributed by atoms with Crippen molar-refractivity contribution in [2.75, 3.05) is 11.4 Å². The van der Waals surface area contributed by atoms with Gasteiger partial charge in [-0.15, -0.1) is 0 Å². The number of hydrogen-bond donors (Lipinski definition) is 1. The minimum atomic E-state index is -0.607. The standard InChI is InChI=1S/C22H24N2O3/c1-22(2,3)27-21(26)23-14-20(25)24-15-18-10-5-4-8-16(18)12-13-17-9-6-7-11-19(17)24/h4-13H,14-15H2,1-3H3,(H,23,26). The van der Waals surface area contributed by atoms with E-state index in [9.17, 15) is 9.59 Å². The Kier molecular flexibility index (Phi) is 5.31. The number of ether oxygens (including phenoxy) is 1. The maximum atomic E-state index is 12.9. The molecule has 0 spiro atoms. The Balaban J connectivity index is 1.84. The fourth-order valence-corrected chi connectivity index (χ4v) is 2.93. The second kappa shape index (κ2) is 7.66. The SMILES string of the molecule is CC(C)(C)OC(=O)NCC(=O)N1Cc2ccccc2C=Cc2ccccc21. The number of alkyl carbamates (subject to hydrolysis) is 1. The van der Waals surface area contributed by atoms with Crippen molar-refractivity contribution < 1.29 is 14.3 Å². The fourth-order valence-electron chi connectivity index (χ4n) is 2.93. The second-order valence-electron chi connectivity index (χ2n) is 7.43. The van der Waals surface area contributed by atoms with E-state index in [1.807, 2.05) is 54.6 Å². The van der Waals surface area contributed by atoms with Crippen molar-refractivity contribution in [3.05, 3.63) is 65.2 Å². The quantitative estimate of drug-likeness (QED) is 0.868. The molecule has 5 heteroatoms. The number of carbonyl (C=O) groups excluding carboxylic acids is 2. The van der Waals surface area contributed by atoms with Crippen LogP contribution in [0.4, 0.5) is 10.5 Å². The predicted octanol–water partition coefficient (Wildman–Crippen LogP) is 4.23. The molecule has 0 fully saturated rings. The Bertz CT molecular complexity index is 881. The normalized spacial score (nSPS) is 13.1. The van der Waals surface area contributed by atoms with Crippen LogP contribution in [0.15, 0.2) is 48.5 Å². The van der Waals surface area contributed by atoms with E-state index in [0.29, 0.717) is 6.54 Å². The highest BCUT2D eigenvalue weighted by atomic mass is 16.6. The third kappa shape index (κ3) is 4.76. The van der Waals surface area contributed by atoms with Gasteiger partial charge in [-0.3, -0.25) is 4.79 Å². The van der Waals surface area contributed by atoms with Crippen LogP contribution in [0, 0.1) is 0 Å². The molecule has 1 aliphatic heterocycles. The molecule has 27 heavy (non-hydrogen) atoms. The van der Waals surface area contributed by atoms with Crippen molar-refractivity contribution in [1.82, 2.24) is 5.32 Å². The van der Waals surface area contributed by atoms with Crippen LogP contribution in [0.3, 0.4) is 0 Å². The van der Waals surface area contributed by atoms with E-state index < -0.39 is 11.7 Å². The van der Waals surface area contributed by atoms with Crippen molar-refractivity contribution in [3.8, 4) is 0 Å². The summed E-state index contributed by atoms with van der Waals surface area (Å²) in [5.41, 5.74) is 3.29. The average molecular weight is 364 g/mol. The number of para-hydroxylation sites is 1. The number of nitrogens with zero attached hydrogens (tertiary/aromatic N) is 1. The molecule has 2 amide bonds. The molecule has 2 aromatic rings. The smallest absolute Gasteiger partial charge is 0.408 e. The van der Waals surface area contributed by atoms with Crippen LogP contribution >= 0.6 is 0 Å². The molecule has 0 aliphatic carbocycles. The van der Waals surface area contributed by atoms with Crippen molar-refractivity contribution in [1.29, 1.82) is 0 Å². The van der Waals surface area contributed by atoms with Crippen LogP contribution in [-0.4, -0.2) is 24.1 Å². The molecular formula is C22H24N2O3. The minimum absolute atomic E-state index is 0.130. The molecule has 0 radical (unpaired) electrons. The summed E-state index contributed by atoms with van der Waals surface area (Å²) in [6.07, 6.45) is 3.47. The number of hydrogen-bond acceptors (Lipinski definition) is 3. The van der Waals surface area contributed by atoms with Gasteiger partial charge in [0.05, 0.1) is 12.2 Å².